The minimum atomic E-state index is -3.97. The van der Waals surface area contributed by atoms with Crippen LogP contribution in [0.5, 0.6) is 0 Å². The molecular formula is C15H15ClN4O3S. The van der Waals surface area contributed by atoms with Gasteiger partial charge in [-0.05, 0) is 37.0 Å². The van der Waals surface area contributed by atoms with Gasteiger partial charge >= 0.3 is 6.01 Å². The van der Waals surface area contributed by atoms with Crippen molar-refractivity contribution in [1.29, 1.82) is 5.26 Å². The Morgan fingerprint density at radius 1 is 1.33 bits per heavy atom. The lowest BCUT2D eigenvalue weighted by molar-refractivity contribution is 0.439. The van der Waals surface area contributed by atoms with E-state index >= 15 is 0 Å². The molecule has 0 saturated heterocycles. The van der Waals surface area contributed by atoms with Crippen LogP contribution in [-0.4, -0.2) is 18.6 Å². The third-order valence-corrected chi connectivity index (χ3v) is 5.78. The molecule has 24 heavy (non-hydrogen) atoms. The van der Waals surface area contributed by atoms with E-state index in [1.54, 1.807) is 0 Å². The maximum absolute atomic E-state index is 12.4. The van der Waals surface area contributed by atoms with Gasteiger partial charge in [0.1, 0.15) is 4.90 Å². The molecule has 1 aliphatic carbocycles. The second-order valence-electron chi connectivity index (χ2n) is 5.72. The molecule has 126 valence electrons. The van der Waals surface area contributed by atoms with Gasteiger partial charge in [0.15, 0.2) is 0 Å². The summed E-state index contributed by atoms with van der Waals surface area (Å²) in [7, 11) is -3.97. The second kappa shape index (κ2) is 6.79. The molecule has 0 atom stereocenters. The first-order chi connectivity index (χ1) is 11.5. The van der Waals surface area contributed by atoms with Crippen LogP contribution in [0.15, 0.2) is 27.5 Å². The number of aromatic nitrogens is 2. The summed E-state index contributed by atoms with van der Waals surface area (Å²) in [5.74, 6) is 0.938. The maximum atomic E-state index is 12.4. The summed E-state index contributed by atoms with van der Waals surface area (Å²) >= 11 is 5.94. The number of hydrogen-bond acceptors (Lipinski definition) is 6. The van der Waals surface area contributed by atoms with Gasteiger partial charge in [0.2, 0.25) is 5.89 Å². The maximum Gasteiger partial charge on any atom is 0.329 e. The molecule has 9 heteroatoms. The summed E-state index contributed by atoms with van der Waals surface area (Å²) in [4.78, 5) is -0.154. The van der Waals surface area contributed by atoms with E-state index in [-0.39, 0.29) is 21.5 Å². The molecule has 1 fully saturated rings. The zero-order valence-electron chi connectivity index (χ0n) is 12.7. The molecule has 1 aliphatic rings. The van der Waals surface area contributed by atoms with Crippen LogP contribution >= 0.6 is 11.6 Å². The van der Waals surface area contributed by atoms with E-state index in [0.29, 0.717) is 18.2 Å². The standard InChI is InChI=1S/C15H15ClN4O3S/c16-12-7-11(9-17)5-6-13(12)24(21,22)20-15-19-18-14(23-15)8-10-3-1-2-4-10/h5-7,10H,1-4,8H2,(H,19,20). The molecule has 0 unspecified atom stereocenters. The van der Waals surface area contributed by atoms with Gasteiger partial charge in [0, 0.05) is 6.42 Å². The summed E-state index contributed by atoms with van der Waals surface area (Å²) in [6.07, 6.45) is 5.33. The van der Waals surface area contributed by atoms with Gasteiger partial charge in [0.25, 0.3) is 10.0 Å². The van der Waals surface area contributed by atoms with Crippen molar-refractivity contribution in [2.75, 3.05) is 4.72 Å². The summed E-state index contributed by atoms with van der Waals surface area (Å²) in [6, 6.07) is 5.63. The van der Waals surface area contributed by atoms with Crippen molar-refractivity contribution >= 4 is 27.6 Å². The van der Waals surface area contributed by atoms with Crippen molar-refractivity contribution in [2.24, 2.45) is 5.92 Å². The highest BCUT2D eigenvalue weighted by atomic mass is 35.5. The molecule has 1 saturated carbocycles. The average molecular weight is 367 g/mol. The largest absolute Gasteiger partial charge is 0.407 e. The van der Waals surface area contributed by atoms with Gasteiger partial charge in [-0.25, -0.2) is 13.1 Å². The quantitative estimate of drug-likeness (QED) is 0.870. The SMILES string of the molecule is N#Cc1ccc(S(=O)(=O)Nc2nnc(CC3CCCC3)o2)c(Cl)c1. The summed E-state index contributed by atoms with van der Waals surface area (Å²) in [5.41, 5.74) is 0.274. The van der Waals surface area contributed by atoms with E-state index in [1.165, 1.54) is 31.0 Å². The Balaban J connectivity index is 1.75. The van der Waals surface area contributed by atoms with Crippen molar-refractivity contribution < 1.29 is 12.8 Å². The lowest BCUT2D eigenvalue weighted by Crippen LogP contribution is -2.13. The predicted octanol–water partition coefficient (Wildman–Crippen LogP) is 3.13. The Morgan fingerprint density at radius 2 is 2.08 bits per heavy atom. The van der Waals surface area contributed by atoms with Gasteiger partial charge in [-0.1, -0.05) is 29.5 Å². The topological polar surface area (TPSA) is 109 Å². The average Bonchev–Trinajstić information content (AvgIpc) is 3.19. The number of halogens is 1. The molecule has 1 N–H and O–H groups in total. The number of nitrogens with one attached hydrogen (secondary N) is 1. The molecule has 3 rings (SSSR count). The highest BCUT2D eigenvalue weighted by Crippen LogP contribution is 2.28. The molecule has 0 spiro atoms. The van der Waals surface area contributed by atoms with Crippen molar-refractivity contribution in [3.05, 3.63) is 34.7 Å². The van der Waals surface area contributed by atoms with Crippen LogP contribution in [-0.2, 0) is 16.4 Å². The third-order valence-electron chi connectivity index (χ3n) is 3.98. The van der Waals surface area contributed by atoms with Crippen LogP contribution in [0.2, 0.25) is 5.02 Å². The summed E-state index contributed by atoms with van der Waals surface area (Å²) in [6.45, 7) is 0. The normalized spacial score (nSPS) is 15.3. The molecule has 0 radical (unpaired) electrons. The molecule has 0 amide bonds. The van der Waals surface area contributed by atoms with E-state index in [2.05, 4.69) is 14.9 Å². The fourth-order valence-electron chi connectivity index (χ4n) is 2.80. The van der Waals surface area contributed by atoms with Crippen LogP contribution in [0, 0.1) is 17.2 Å². The van der Waals surface area contributed by atoms with Crippen LogP contribution < -0.4 is 4.72 Å². The predicted molar refractivity (Wildman–Crippen MR) is 86.9 cm³/mol. The smallest absolute Gasteiger partial charge is 0.329 e. The third kappa shape index (κ3) is 3.68. The monoisotopic (exact) mass is 366 g/mol. The van der Waals surface area contributed by atoms with Crippen molar-refractivity contribution in [3.8, 4) is 6.07 Å². The lowest BCUT2D eigenvalue weighted by atomic mass is 10.0. The van der Waals surface area contributed by atoms with E-state index in [4.69, 9.17) is 21.3 Å². The number of hydrogen-bond donors (Lipinski definition) is 1. The minimum Gasteiger partial charge on any atom is -0.407 e. The number of rotatable bonds is 5. The summed E-state index contributed by atoms with van der Waals surface area (Å²) < 4.78 is 32.3. The molecule has 1 aromatic heterocycles. The van der Waals surface area contributed by atoms with E-state index < -0.39 is 10.0 Å². The minimum absolute atomic E-state index is 0.0488. The highest BCUT2D eigenvalue weighted by molar-refractivity contribution is 7.92. The van der Waals surface area contributed by atoms with Gasteiger partial charge in [0.05, 0.1) is 16.7 Å². The Hall–Kier alpha value is -2.11. The Labute approximate surface area is 144 Å². The Bertz CT molecular complexity index is 882. The summed E-state index contributed by atoms with van der Waals surface area (Å²) in [5, 5.41) is 16.4. The first-order valence-corrected chi connectivity index (χ1v) is 9.39. The molecule has 2 aromatic rings. The first-order valence-electron chi connectivity index (χ1n) is 7.53. The Kier molecular flexibility index (Phi) is 4.73. The number of nitrogens with zero attached hydrogens (tertiary/aromatic N) is 3. The lowest BCUT2D eigenvalue weighted by Gasteiger charge is -2.06. The van der Waals surface area contributed by atoms with Gasteiger partial charge in [-0.3, -0.25) is 0 Å². The van der Waals surface area contributed by atoms with Gasteiger partial charge < -0.3 is 4.42 Å². The zero-order valence-corrected chi connectivity index (χ0v) is 14.3. The van der Waals surface area contributed by atoms with Crippen LogP contribution in [0.25, 0.3) is 0 Å². The van der Waals surface area contributed by atoms with Crippen molar-refractivity contribution in [3.63, 3.8) is 0 Å². The van der Waals surface area contributed by atoms with Crippen molar-refractivity contribution in [2.45, 2.75) is 37.0 Å². The Morgan fingerprint density at radius 3 is 2.75 bits per heavy atom. The fraction of sp³-hybridized carbons (Fsp3) is 0.400. The molecule has 7 nitrogen and oxygen atoms in total. The van der Waals surface area contributed by atoms with E-state index in [0.717, 1.165) is 12.8 Å². The van der Waals surface area contributed by atoms with Crippen LogP contribution in [0.1, 0.15) is 37.1 Å². The molecule has 1 aromatic carbocycles. The fourth-order valence-corrected chi connectivity index (χ4v) is 4.27. The first kappa shape index (κ1) is 16.7. The van der Waals surface area contributed by atoms with Crippen LogP contribution in [0.3, 0.4) is 0 Å². The number of anilines is 1. The van der Waals surface area contributed by atoms with E-state index in [1.807, 2.05) is 6.07 Å². The molecule has 1 heterocycles. The van der Waals surface area contributed by atoms with Crippen molar-refractivity contribution in [1.82, 2.24) is 10.2 Å². The van der Waals surface area contributed by atoms with Gasteiger partial charge in [-0.15, -0.1) is 5.10 Å². The van der Waals surface area contributed by atoms with Crippen LogP contribution in [0.4, 0.5) is 6.01 Å². The van der Waals surface area contributed by atoms with Gasteiger partial charge in [-0.2, -0.15) is 5.26 Å². The number of benzene rings is 1. The molecule has 0 aliphatic heterocycles. The highest BCUT2D eigenvalue weighted by Gasteiger charge is 2.23. The number of nitriles is 1. The number of sulfonamides is 1. The molecular weight excluding hydrogens is 352 g/mol. The second-order valence-corrected chi connectivity index (χ2v) is 7.78. The zero-order chi connectivity index (χ0) is 17.2. The molecule has 0 bridgehead atoms. The van der Waals surface area contributed by atoms with E-state index in [9.17, 15) is 8.42 Å².